The van der Waals surface area contributed by atoms with Gasteiger partial charge in [0.15, 0.2) is 0 Å². The molecule has 3 nitrogen and oxygen atoms in total. The van der Waals surface area contributed by atoms with Gasteiger partial charge < -0.3 is 10.6 Å². The first-order chi connectivity index (χ1) is 9.24. The molecule has 19 heavy (non-hydrogen) atoms. The minimum atomic E-state index is 0.191. The third kappa shape index (κ3) is 2.32. The normalized spacial score (nSPS) is 13.7. The molecule has 0 radical (unpaired) electrons. The second kappa shape index (κ2) is 4.76. The van der Waals surface area contributed by atoms with Crippen molar-refractivity contribution in [2.24, 2.45) is 0 Å². The fourth-order valence-corrected chi connectivity index (χ4v) is 2.49. The summed E-state index contributed by atoms with van der Waals surface area (Å²) in [4.78, 5) is 13.9. The Bertz CT molecular complexity index is 604. The van der Waals surface area contributed by atoms with Gasteiger partial charge in [-0.1, -0.05) is 30.3 Å². The summed E-state index contributed by atoms with van der Waals surface area (Å²) in [6.07, 6.45) is 1.37. The van der Waals surface area contributed by atoms with E-state index in [0.29, 0.717) is 6.42 Å². The lowest BCUT2D eigenvalue weighted by Crippen LogP contribution is -2.28. The average Bonchev–Trinajstić information content (AvgIpc) is 2.74. The van der Waals surface area contributed by atoms with Crippen molar-refractivity contribution in [3.63, 3.8) is 0 Å². The van der Waals surface area contributed by atoms with Crippen LogP contribution < -0.4 is 10.6 Å². The second-order valence-electron chi connectivity index (χ2n) is 4.84. The third-order valence-corrected chi connectivity index (χ3v) is 3.53. The van der Waals surface area contributed by atoms with E-state index in [2.05, 4.69) is 0 Å². The molecule has 2 aromatic rings. The van der Waals surface area contributed by atoms with E-state index in [1.807, 2.05) is 53.4 Å². The maximum absolute atomic E-state index is 12.0. The molecule has 3 heteroatoms. The predicted molar refractivity (Wildman–Crippen MR) is 77.1 cm³/mol. The van der Waals surface area contributed by atoms with Crippen molar-refractivity contribution in [1.29, 1.82) is 0 Å². The number of anilines is 2. The van der Waals surface area contributed by atoms with Crippen LogP contribution in [0.25, 0.3) is 0 Å². The number of benzene rings is 2. The summed E-state index contributed by atoms with van der Waals surface area (Å²) in [6, 6.07) is 15.8. The number of nitrogens with two attached hydrogens (primary N) is 1. The standard InChI is InChI=1S/C16H16N2O/c17-14-7-5-12(6-8-14)9-10-18-15-4-2-1-3-13(15)11-16(18)19/h1-8H,9-11,17H2. The summed E-state index contributed by atoms with van der Waals surface area (Å²) in [5.41, 5.74) is 9.82. The molecule has 3 rings (SSSR count). The van der Waals surface area contributed by atoms with Gasteiger partial charge in [0.1, 0.15) is 0 Å². The average molecular weight is 252 g/mol. The van der Waals surface area contributed by atoms with E-state index >= 15 is 0 Å². The number of hydrogen-bond acceptors (Lipinski definition) is 2. The Labute approximate surface area is 112 Å². The largest absolute Gasteiger partial charge is 0.399 e. The van der Waals surface area contributed by atoms with Gasteiger partial charge in [-0.25, -0.2) is 0 Å². The maximum Gasteiger partial charge on any atom is 0.231 e. The Hall–Kier alpha value is -2.29. The van der Waals surface area contributed by atoms with Crippen LogP contribution in [0.5, 0.6) is 0 Å². The summed E-state index contributed by atoms with van der Waals surface area (Å²) >= 11 is 0. The highest BCUT2D eigenvalue weighted by Gasteiger charge is 2.25. The highest BCUT2D eigenvalue weighted by Crippen LogP contribution is 2.28. The number of carbonyl (C=O) groups is 1. The molecule has 96 valence electrons. The van der Waals surface area contributed by atoms with Crippen LogP contribution in [0.3, 0.4) is 0 Å². The Morgan fingerprint density at radius 3 is 2.58 bits per heavy atom. The zero-order valence-electron chi connectivity index (χ0n) is 10.7. The third-order valence-electron chi connectivity index (χ3n) is 3.53. The minimum Gasteiger partial charge on any atom is -0.399 e. The summed E-state index contributed by atoms with van der Waals surface area (Å²) < 4.78 is 0. The monoisotopic (exact) mass is 252 g/mol. The molecule has 2 aromatic carbocycles. The van der Waals surface area contributed by atoms with Crippen LogP contribution in [0.15, 0.2) is 48.5 Å². The molecule has 0 spiro atoms. The molecule has 1 aliphatic heterocycles. The molecule has 0 bridgehead atoms. The van der Waals surface area contributed by atoms with Crippen molar-refractivity contribution < 1.29 is 4.79 Å². The van der Waals surface area contributed by atoms with Gasteiger partial charge in [0.2, 0.25) is 5.91 Å². The molecule has 0 saturated carbocycles. The Morgan fingerprint density at radius 2 is 1.79 bits per heavy atom. The van der Waals surface area contributed by atoms with E-state index in [1.54, 1.807) is 0 Å². The van der Waals surface area contributed by atoms with E-state index < -0.39 is 0 Å². The Kier molecular flexibility index (Phi) is 2.95. The van der Waals surface area contributed by atoms with Crippen molar-refractivity contribution >= 4 is 17.3 Å². The Balaban J connectivity index is 1.73. The van der Waals surface area contributed by atoms with E-state index in [9.17, 15) is 4.79 Å². The van der Waals surface area contributed by atoms with Gasteiger partial charge in [-0.15, -0.1) is 0 Å². The van der Waals surface area contributed by atoms with Crippen molar-refractivity contribution in [2.45, 2.75) is 12.8 Å². The van der Waals surface area contributed by atoms with Crippen LogP contribution in [-0.2, 0) is 17.6 Å². The van der Waals surface area contributed by atoms with Crippen LogP contribution in [0.4, 0.5) is 11.4 Å². The van der Waals surface area contributed by atoms with Crippen LogP contribution in [0.2, 0.25) is 0 Å². The van der Waals surface area contributed by atoms with Crippen molar-refractivity contribution in [2.75, 3.05) is 17.2 Å². The van der Waals surface area contributed by atoms with E-state index in [1.165, 1.54) is 5.56 Å². The predicted octanol–water partition coefficient (Wildman–Crippen LogP) is 2.40. The Morgan fingerprint density at radius 1 is 1.05 bits per heavy atom. The number of carbonyl (C=O) groups excluding carboxylic acids is 1. The molecule has 0 aromatic heterocycles. The number of nitrogen functional groups attached to an aromatic ring is 1. The number of amides is 1. The molecule has 0 unspecified atom stereocenters. The highest BCUT2D eigenvalue weighted by atomic mass is 16.2. The van der Waals surface area contributed by atoms with Crippen LogP contribution in [0, 0.1) is 0 Å². The number of hydrogen-bond donors (Lipinski definition) is 1. The molecule has 0 atom stereocenters. The summed E-state index contributed by atoms with van der Waals surface area (Å²) in [7, 11) is 0. The summed E-state index contributed by atoms with van der Waals surface area (Å²) in [6.45, 7) is 0.722. The zero-order valence-corrected chi connectivity index (χ0v) is 10.7. The number of para-hydroxylation sites is 1. The van der Waals surface area contributed by atoms with Crippen LogP contribution in [0.1, 0.15) is 11.1 Å². The van der Waals surface area contributed by atoms with E-state index in [-0.39, 0.29) is 5.91 Å². The maximum atomic E-state index is 12.0. The zero-order chi connectivity index (χ0) is 13.2. The molecule has 1 amide bonds. The smallest absolute Gasteiger partial charge is 0.231 e. The molecule has 0 saturated heterocycles. The van der Waals surface area contributed by atoms with Gasteiger partial charge in [0.05, 0.1) is 6.42 Å². The molecular weight excluding hydrogens is 236 g/mol. The minimum absolute atomic E-state index is 0.191. The van der Waals surface area contributed by atoms with Gasteiger partial charge in [0, 0.05) is 17.9 Å². The van der Waals surface area contributed by atoms with Crippen molar-refractivity contribution in [1.82, 2.24) is 0 Å². The second-order valence-corrected chi connectivity index (χ2v) is 4.84. The first-order valence-electron chi connectivity index (χ1n) is 6.47. The molecule has 1 aliphatic rings. The summed E-state index contributed by atoms with van der Waals surface area (Å²) in [5, 5.41) is 0. The number of rotatable bonds is 3. The van der Waals surface area contributed by atoms with Crippen LogP contribution >= 0.6 is 0 Å². The molecule has 2 N–H and O–H groups in total. The molecule has 0 fully saturated rings. The van der Waals surface area contributed by atoms with Crippen LogP contribution in [-0.4, -0.2) is 12.5 Å². The van der Waals surface area contributed by atoms with E-state index in [0.717, 1.165) is 29.9 Å². The van der Waals surface area contributed by atoms with Gasteiger partial charge in [-0.2, -0.15) is 0 Å². The lowest BCUT2D eigenvalue weighted by molar-refractivity contribution is -0.117. The van der Waals surface area contributed by atoms with Gasteiger partial charge >= 0.3 is 0 Å². The number of fused-ring (bicyclic) bond motifs is 1. The fourth-order valence-electron chi connectivity index (χ4n) is 2.49. The number of nitrogens with zero attached hydrogens (tertiary/aromatic N) is 1. The first-order valence-corrected chi connectivity index (χ1v) is 6.47. The lowest BCUT2D eigenvalue weighted by Gasteiger charge is -2.17. The van der Waals surface area contributed by atoms with Crippen molar-refractivity contribution in [3.05, 3.63) is 59.7 Å². The van der Waals surface area contributed by atoms with E-state index in [4.69, 9.17) is 5.73 Å². The quantitative estimate of drug-likeness (QED) is 0.853. The lowest BCUT2D eigenvalue weighted by atomic mass is 10.1. The topological polar surface area (TPSA) is 46.3 Å². The molecular formula is C16H16N2O. The van der Waals surface area contributed by atoms with Gasteiger partial charge in [-0.3, -0.25) is 4.79 Å². The highest BCUT2D eigenvalue weighted by molar-refractivity contribution is 6.01. The van der Waals surface area contributed by atoms with Crippen molar-refractivity contribution in [3.8, 4) is 0 Å². The van der Waals surface area contributed by atoms with Gasteiger partial charge in [-0.05, 0) is 35.7 Å². The molecule has 0 aliphatic carbocycles. The molecule has 1 heterocycles. The first kappa shape index (κ1) is 11.8. The van der Waals surface area contributed by atoms with Gasteiger partial charge in [0.25, 0.3) is 0 Å². The SMILES string of the molecule is Nc1ccc(CCN2C(=O)Cc3ccccc32)cc1. The fraction of sp³-hybridized carbons (Fsp3) is 0.188. The summed E-state index contributed by atoms with van der Waals surface area (Å²) in [5.74, 6) is 0.191.